The lowest BCUT2D eigenvalue weighted by molar-refractivity contribution is 0.0546. The van der Waals surface area contributed by atoms with Crippen LogP contribution in [0.5, 0.6) is 11.5 Å². The van der Waals surface area contributed by atoms with Crippen LogP contribution in [0.3, 0.4) is 0 Å². The van der Waals surface area contributed by atoms with Crippen molar-refractivity contribution in [2.45, 2.75) is 57.7 Å². The summed E-state index contributed by atoms with van der Waals surface area (Å²) in [4.78, 5) is 2.71. The Bertz CT molecular complexity index is 728. The molecular formula is C24H31NO2. The number of nitrogens with zero attached hydrogens (tertiary/aromatic N) is 1. The van der Waals surface area contributed by atoms with E-state index in [1.165, 1.54) is 56.2 Å². The van der Waals surface area contributed by atoms with Crippen LogP contribution in [0.1, 0.15) is 49.7 Å². The molecule has 2 aromatic carbocycles. The first-order valence-corrected chi connectivity index (χ1v) is 10.4. The lowest BCUT2D eigenvalue weighted by Gasteiger charge is -2.44. The van der Waals surface area contributed by atoms with Crippen molar-refractivity contribution in [3.63, 3.8) is 0 Å². The quantitative estimate of drug-likeness (QED) is 0.681. The highest BCUT2D eigenvalue weighted by Gasteiger charge is 2.33. The molecule has 3 heteroatoms. The Labute approximate surface area is 163 Å². The SMILES string of the molecule is COc1cc(CN2CCCC3CCCCC32)ccc1OCc1ccccc1. The number of benzene rings is 2. The summed E-state index contributed by atoms with van der Waals surface area (Å²) in [5.41, 5.74) is 2.49. The molecule has 0 aromatic heterocycles. The molecule has 0 bridgehead atoms. The predicted molar refractivity (Wildman–Crippen MR) is 109 cm³/mol. The summed E-state index contributed by atoms with van der Waals surface area (Å²) in [6.45, 7) is 2.82. The maximum Gasteiger partial charge on any atom is 0.161 e. The molecule has 2 atom stereocenters. The minimum atomic E-state index is 0.562. The van der Waals surface area contributed by atoms with E-state index in [0.29, 0.717) is 6.61 Å². The van der Waals surface area contributed by atoms with Gasteiger partial charge in [-0.05, 0) is 61.4 Å². The molecule has 1 saturated carbocycles. The van der Waals surface area contributed by atoms with E-state index in [-0.39, 0.29) is 0 Å². The molecule has 1 aliphatic carbocycles. The van der Waals surface area contributed by atoms with Gasteiger partial charge in [0.25, 0.3) is 0 Å². The zero-order chi connectivity index (χ0) is 18.5. The highest BCUT2D eigenvalue weighted by molar-refractivity contribution is 5.43. The van der Waals surface area contributed by atoms with Gasteiger partial charge in [0.15, 0.2) is 11.5 Å². The molecule has 2 aromatic rings. The van der Waals surface area contributed by atoms with Gasteiger partial charge in [0.2, 0.25) is 0 Å². The van der Waals surface area contributed by atoms with Crippen molar-refractivity contribution in [2.24, 2.45) is 5.92 Å². The highest BCUT2D eigenvalue weighted by Crippen LogP contribution is 2.37. The molecule has 1 aliphatic heterocycles. The van der Waals surface area contributed by atoms with Crippen LogP contribution in [0.25, 0.3) is 0 Å². The number of hydrogen-bond acceptors (Lipinski definition) is 3. The molecule has 2 aliphatic rings. The number of rotatable bonds is 6. The Hall–Kier alpha value is -2.00. The van der Waals surface area contributed by atoms with Crippen LogP contribution < -0.4 is 9.47 Å². The summed E-state index contributed by atoms with van der Waals surface area (Å²) in [6.07, 6.45) is 8.40. The molecule has 27 heavy (non-hydrogen) atoms. The summed E-state index contributed by atoms with van der Waals surface area (Å²) < 4.78 is 11.6. The monoisotopic (exact) mass is 365 g/mol. The first-order chi connectivity index (χ1) is 13.3. The van der Waals surface area contributed by atoms with Crippen molar-refractivity contribution in [1.29, 1.82) is 0 Å². The Balaban J connectivity index is 1.43. The maximum atomic E-state index is 6.01. The van der Waals surface area contributed by atoms with E-state index in [2.05, 4.69) is 35.2 Å². The van der Waals surface area contributed by atoms with Crippen LogP contribution in [0, 0.1) is 5.92 Å². The van der Waals surface area contributed by atoms with Crippen LogP contribution in [-0.2, 0) is 13.2 Å². The van der Waals surface area contributed by atoms with Crippen LogP contribution in [0.2, 0.25) is 0 Å². The van der Waals surface area contributed by atoms with Crippen LogP contribution in [0.15, 0.2) is 48.5 Å². The van der Waals surface area contributed by atoms with Gasteiger partial charge in [-0.1, -0.05) is 49.2 Å². The Morgan fingerprint density at radius 3 is 2.56 bits per heavy atom. The number of fused-ring (bicyclic) bond motifs is 1. The Morgan fingerprint density at radius 2 is 1.70 bits per heavy atom. The third-order valence-electron chi connectivity index (χ3n) is 6.21. The lowest BCUT2D eigenvalue weighted by atomic mass is 9.78. The topological polar surface area (TPSA) is 21.7 Å². The highest BCUT2D eigenvalue weighted by atomic mass is 16.5. The zero-order valence-corrected chi connectivity index (χ0v) is 16.4. The van der Waals surface area contributed by atoms with Crippen molar-refractivity contribution in [3.05, 3.63) is 59.7 Å². The molecule has 0 amide bonds. The predicted octanol–water partition coefficient (Wildman–Crippen LogP) is 5.43. The summed E-state index contributed by atoms with van der Waals surface area (Å²) in [5.74, 6) is 2.57. The van der Waals surface area contributed by atoms with Crippen molar-refractivity contribution < 1.29 is 9.47 Å². The third-order valence-corrected chi connectivity index (χ3v) is 6.21. The smallest absolute Gasteiger partial charge is 0.161 e. The van der Waals surface area contributed by atoms with Crippen molar-refractivity contribution >= 4 is 0 Å². The van der Waals surface area contributed by atoms with Gasteiger partial charge in [0, 0.05) is 12.6 Å². The van der Waals surface area contributed by atoms with Crippen LogP contribution in [0.4, 0.5) is 0 Å². The average Bonchev–Trinajstić information content (AvgIpc) is 2.74. The normalized spacial score (nSPS) is 22.9. The van der Waals surface area contributed by atoms with E-state index in [1.54, 1.807) is 7.11 Å². The maximum absolute atomic E-state index is 6.01. The largest absolute Gasteiger partial charge is 0.493 e. The van der Waals surface area contributed by atoms with E-state index in [0.717, 1.165) is 30.0 Å². The molecule has 0 radical (unpaired) electrons. The van der Waals surface area contributed by atoms with Crippen molar-refractivity contribution in [2.75, 3.05) is 13.7 Å². The number of hydrogen-bond donors (Lipinski definition) is 0. The summed E-state index contributed by atoms with van der Waals surface area (Å²) in [7, 11) is 1.73. The number of methoxy groups -OCH3 is 1. The Morgan fingerprint density at radius 1 is 0.889 bits per heavy atom. The molecule has 2 unspecified atom stereocenters. The summed E-state index contributed by atoms with van der Waals surface area (Å²) >= 11 is 0. The van der Waals surface area contributed by atoms with Gasteiger partial charge < -0.3 is 9.47 Å². The summed E-state index contributed by atoms with van der Waals surface area (Å²) in [6, 6.07) is 17.5. The fourth-order valence-corrected chi connectivity index (χ4v) is 4.82. The fraction of sp³-hybridized carbons (Fsp3) is 0.500. The van der Waals surface area contributed by atoms with Gasteiger partial charge in [0.05, 0.1) is 7.11 Å². The summed E-state index contributed by atoms with van der Waals surface area (Å²) in [5, 5.41) is 0. The molecule has 0 N–H and O–H groups in total. The van der Waals surface area contributed by atoms with Gasteiger partial charge in [-0.3, -0.25) is 4.90 Å². The molecule has 2 fully saturated rings. The van der Waals surface area contributed by atoms with E-state index >= 15 is 0 Å². The lowest BCUT2D eigenvalue weighted by Crippen LogP contribution is -2.46. The second-order valence-corrected chi connectivity index (χ2v) is 7.98. The molecule has 144 valence electrons. The minimum Gasteiger partial charge on any atom is -0.493 e. The van der Waals surface area contributed by atoms with Crippen LogP contribution >= 0.6 is 0 Å². The first kappa shape index (κ1) is 18.4. The number of piperidine rings is 1. The molecule has 1 saturated heterocycles. The fourth-order valence-electron chi connectivity index (χ4n) is 4.82. The second-order valence-electron chi connectivity index (χ2n) is 7.98. The minimum absolute atomic E-state index is 0.562. The molecule has 3 nitrogen and oxygen atoms in total. The van der Waals surface area contributed by atoms with Gasteiger partial charge in [-0.15, -0.1) is 0 Å². The third kappa shape index (κ3) is 4.47. The Kier molecular flexibility index (Phi) is 5.98. The van der Waals surface area contributed by atoms with Crippen molar-refractivity contribution in [1.82, 2.24) is 4.90 Å². The average molecular weight is 366 g/mol. The number of ether oxygens (including phenoxy) is 2. The van der Waals surface area contributed by atoms with Gasteiger partial charge in [-0.25, -0.2) is 0 Å². The van der Waals surface area contributed by atoms with E-state index in [9.17, 15) is 0 Å². The van der Waals surface area contributed by atoms with Gasteiger partial charge in [0.1, 0.15) is 6.61 Å². The second kappa shape index (κ2) is 8.79. The van der Waals surface area contributed by atoms with Crippen LogP contribution in [-0.4, -0.2) is 24.6 Å². The van der Waals surface area contributed by atoms with E-state index in [1.807, 2.05) is 18.2 Å². The van der Waals surface area contributed by atoms with Crippen molar-refractivity contribution in [3.8, 4) is 11.5 Å². The molecule has 1 heterocycles. The standard InChI is InChI=1S/C24H31NO2/c1-26-24-16-20(13-14-23(24)27-18-19-8-3-2-4-9-19)17-25-15-7-11-21-10-5-6-12-22(21)25/h2-4,8-9,13-14,16,21-22H,5-7,10-12,15,17-18H2,1H3. The zero-order valence-electron chi connectivity index (χ0n) is 16.4. The number of likely N-dealkylation sites (tertiary alicyclic amines) is 1. The molecule has 0 spiro atoms. The first-order valence-electron chi connectivity index (χ1n) is 10.4. The van der Waals surface area contributed by atoms with E-state index in [4.69, 9.17) is 9.47 Å². The van der Waals surface area contributed by atoms with Gasteiger partial charge >= 0.3 is 0 Å². The molecular weight excluding hydrogens is 334 g/mol. The molecule has 4 rings (SSSR count). The van der Waals surface area contributed by atoms with E-state index < -0.39 is 0 Å². The van der Waals surface area contributed by atoms with Gasteiger partial charge in [-0.2, -0.15) is 0 Å².